The molecule has 1 aromatic carbocycles. The number of nitrogens with one attached hydrogen (secondary N) is 1. The maximum atomic E-state index is 5.70. The normalized spacial score (nSPS) is 15.8. The molecule has 2 aromatic rings. The van der Waals surface area contributed by atoms with Gasteiger partial charge in [-0.3, -0.25) is 0 Å². The van der Waals surface area contributed by atoms with Crippen molar-refractivity contribution in [1.82, 2.24) is 10.3 Å². The van der Waals surface area contributed by atoms with Crippen molar-refractivity contribution in [2.75, 3.05) is 6.54 Å². The van der Waals surface area contributed by atoms with Gasteiger partial charge >= 0.3 is 0 Å². The van der Waals surface area contributed by atoms with Crippen LogP contribution in [-0.4, -0.2) is 17.6 Å². The average Bonchev–Trinajstić information content (AvgIpc) is 2.98. The number of oxazole rings is 1. The van der Waals surface area contributed by atoms with Crippen LogP contribution in [0.2, 0.25) is 0 Å². The zero-order chi connectivity index (χ0) is 11.0. The highest BCUT2D eigenvalue weighted by Crippen LogP contribution is 2.20. The fourth-order valence-corrected chi connectivity index (χ4v) is 1.91. The molecule has 1 fully saturated rings. The Morgan fingerprint density at radius 1 is 1.44 bits per heavy atom. The number of rotatable bonds is 4. The largest absolute Gasteiger partial charge is 0.441 e. The minimum absolute atomic E-state index is 0.756. The van der Waals surface area contributed by atoms with Gasteiger partial charge in [-0.15, -0.1) is 0 Å². The number of aromatic nitrogens is 1. The van der Waals surface area contributed by atoms with E-state index >= 15 is 0 Å². The molecular formula is C13H16N2O. The minimum Gasteiger partial charge on any atom is -0.441 e. The molecule has 16 heavy (non-hydrogen) atoms. The van der Waals surface area contributed by atoms with Gasteiger partial charge in [0.15, 0.2) is 11.5 Å². The van der Waals surface area contributed by atoms with Crippen molar-refractivity contribution in [3.63, 3.8) is 0 Å². The third-order valence-electron chi connectivity index (χ3n) is 3.01. The van der Waals surface area contributed by atoms with Crippen molar-refractivity contribution in [3.05, 3.63) is 29.7 Å². The van der Waals surface area contributed by atoms with Crippen LogP contribution in [0.25, 0.3) is 11.1 Å². The first-order chi connectivity index (χ1) is 7.83. The second-order valence-corrected chi connectivity index (χ2v) is 4.51. The molecule has 0 spiro atoms. The molecule has 1 saturated carbocycles. The maximum absolute atomic E-state index is 5.70. The van der Waals surface area contributed by atoms with Crippen molar-refractivity contribution >= 4 is 11.1 Å². The number of para-hydroxylation sites is 1. The molecule has 3 heteroatoms. The van der Waals surface area contributed by atoms with E-state index in [0.717, 1.165) is 36.0 Å². The van der Waals surface area contributed by atoms with E-state index in [1.807, 2.05) is 12.1 Å². The van der Waals surface area contributed by atoms with Crippen LogP contribution in [-0.2, 0) is 6.42 Å². The zero-order valence-corrected chi connectivity index (χ0v) is 9.49. The molecule has 0 atom stereocenters. The van der Waals surface area contributed by atoms with Crippen LogP contribution in [0.4, 0.5) is 0 Å². The van der Waals surface area contributed by atoms with Crippen molar-refractivity contribution < 1.29 is 4.42 Å². The molecular weight excluding hydrogens is 200 g/mol. The summed E-state index contributed by atoms with van der Waals surface area (Å²) < 4.78 is 5.70. The fraction of sp³-hybridized carbons (Fsp3) is 0.462. The first kappa shape index (κ1) is 9.85. The van der Waals surface area contributed by atoms with E-state index in [-0.39, 0.29) is 0 Å². The summed E-state index contributed by atoms with van der Waals surface area (Å²) in [5, 5.41) is 3.46. The van der Waals surface area contributed by atoms with Crippen LogP contribution in [0.5, 0.6) is 0 Å². The summed E-state index contributed by atoms with van der Waals surface area (Å²) in [6, 6.07) is 6.81. The van der Waals surface area contributed by atoms with Gasteiger partial charge in [-0.05, 0) is 31.4 Å². The van der Waals surface area contributed by atoms with Crippen molar-refractivity contribution in [3.8, 4) is 0 Å². The van der Waals surface area contributed by atoms with E-state index in [2.05, 4.69) is 23.3 Å². The molecule has 1 aliphatic rings. The molecule has 3 nitrogen and oxygen atoms in total. The van der Waals surface area contributed by atoms with Crippen molar-refractivity contribution in [2.45, 2.75) is 32.2 Å². The van der Waals surface area contributed by atoms with E-state index < -0.39 is 0 Å². The monoisotopic (exact) mass is 216 g/mol. The van der Waals surface area contributed by atoms with Gasteiger partial charge < -0.3 is 9.73 Å². The lowest BCUT2D eigenvalue weighted by Crippen LogP contribution is -2.19. The molecule has 0 radical (unpaired) electrons. The quantitative estimate of drug-likeness (QED) is 0.853. The molecule has 1 N–H and O–H groups in total. The molecule has 0 aliphatic heterocycles. The third-order valence-corrected chi connectivity index (χ3v) is 3.01. The van der Waals surface area contributed by atoms with Gasteiger partial charge in [-0.2, -0.15) is 0 Å². The maximum Gasteiger partial charge on any atom is 0.196 e. The lowest BCUT2D eigenvalue weighted by atomic mass is 10.2. The predicted octanol–water partition coefficient (Wildman–Crippen LogP) is 2.43. The Bertz CT molecular complexity index is 500. The highest BCUT2D eigenvalue weighted by molar-refractivity contribution is 5.76. The number of hydrogen-bond donors (Lipinski definition) is 1. The summed E-state index contributed by atoms with van der Waals surface area (Å²) in [6.07, 6.45) is 3.53. The molecule has 0 saturated heterocycles. The average molecular weight is 216 g/mol. The van der Waals surface area contributed by atoms with Gasteiger partial charge in [0.25, 0.3) is 0 Å². The van der Waals surface area contributed by atoms with Crippen LogP contribution < -0.4 is 5.32 Å². The van der Waals surface area contributed by atoms with Crippen LogP contribution >= 0.6 is 0 Å². The van der Waals surface area contributed by atoms with Gasteiger partial charge in [0, 0.05) is 19.0 Å². The first-order valence-corrected chi connectivity index (χ1v) is 5.91. The number of nitrogens with zero attached hydrogens (tertiary/aromatic N) is 1. The standard InChI is InChI=1S/C13H16N2O/c1-9-3-2-4-11-13(9)15-12(16-11)7-8-14-10-5-6-10/h2-4,10,14H,5-8H2,1H3. The summed E-state index contributed by atoms with van der Waals surface area (Å²) in [5.74, 6) is 0.845. The smallest absolute Gasteiger partial charge is 0.196 e. The molecule has 0 bridgehead atoms. The van der Waals surface area contributed by atoms with E-state index in [1.165, 1.54) is 18.4 Å². The van der Waals surface area contributed by atoms with Crippen molar-refractivity contribution in [1.29, 1.82) is 0 Å². The summed E-state index contributed by atoms with van der Waals surface area (Å²) >= 11 is 0. The van der Waals surface area contributed by atoms with E-state index in [9.17, 15) is 0 Å². The third kappa shape index (κ3) is 1.95. The Morgan fingerprint density at radius 2 is 2.31 bits per heavy atom. The molecule has 0 amide bonds. The van der Waals surface area contributed by atoms with Gasteiger partial charge in [0.1, 0.15) is 5.52 Å². The lowest BCUT2D eigenvalue weighted by molar-refractivity contribution is 0.514. The topological polar surface area (TPSA) is 38.1 Å². The molecule has 3 rings (SSSR count). The van der Waals surface area contributed by atoms with Crippen LogP contribution in [0.1, 0.15) is 24.3 Å². The van der Waals surface area contributed by atoms with Crippen molar-refractivity contribution in [2.24, 2.45) is 0 Å². The number of aryl methyl sites for hydroxylation is 1. The van der Waals surface area contributed by atoms with E-state index in [0.29, 0.717) is 0 Å². The van der Waals surface area contributed by atoms with Crippen LogP contribution in [0.15, 0.2) is 22.6 Å². The molecule has 1 aliphatic carbocycles. The predicted molar refractivity (Wildman–Crippen MR) is 63.5 cm³/mol. The molecule has 0 unspecified atom stereocenters. The van der Waals surface area contributed by atoms with Gasteiger partial charge in [0.05, 0.1) is 0 Å². The lowest BCUT2D eigenvalue weighted by Gasteiger charge is -1.97. The Kier molecular flexibility index (Phi) is 2.40. The molecule has 1 heterocycles. The van der Waals surface area contributed by atoms with Gasteiger partial charge in [-0.25, -0.2) is 4.98 Å². The minimum atomic E-state index is 0.756. The highest BCUT2D eigenvalue weighted by Gasteiger charge is 2.20. The Labute approximate surface area is 94.9 Å². The summed E-state index contributed by atoms with van der Waals surface area (Å²) in [4.78, 5) is 4.52. The van der Waals surface area contributed by atoms with Gasteiger partial charge in [-0.1, -0.05) is 12.1 Å². The zero-order valence-electron chi connectivity index (χ0n) is 9.49. The summed E-state index contributed by atoms with van der Waals surface area (Å²) in [7, 11) is 0. The Balaban J connectivity index is 1.73. The Morgan fingerprint density at radius 3 is 3.06 bits per heavy atom. The van der Waals surface area contributed by atoms with Gasteiger partial charge in [0.2, 0.25) is 0 Å². The number of fused-ring (bicyclic) bond motifs is 1. The molecule has 84 valence electrons. The SMILES string of the molecule is Cc1cccc2oc(CCNC3CC3)nc12. The summed E-state index contributed by atoms with van der Waals surface area (Å²) in [6.45, 7) is 3.04. The van der Waals surface area contributed by atoms with Crippen LogP contribution in [0, 0.1) is 6.92 Å². The fourth-order valence-electron chi connectivity index (χ4n) is 1.91. The molecule has 1 aromatic heterocycles. The summed E-state index contributed by atoms with van der Waals surface area (Å²) in [5.41, 5.74) is 3.09. The highest BCUT2D eigenvalue weighted by atomic mass is 16.3. The second kappa shape index (κ2) is 3.91. The number of hydrogen-bond acceptors (Lipinski definition) is 3. The van der Waals surface area contributed by atoms with Crippen LogP contribution in [0.3, 0.4) is 0 Å². The second-order valence-electron chi connectivity index (χ2n) is 4.51. The first-order valence-electron chi connectivity index (χ1n) is 5.91. The van der Waals surface area contributed by atoms with E-state index in [4.69, 9.17) is 4.42 Å². The number of benzene rings is 1. The Hall–Kier alpha value is -1.35. The van der Waals surface area contributed by atoms with E-state index in [1.54, 1.807) is 0 Å².